The van der Waals surface area contributed by atoms with Crippen molar-refractivity contribution in [3.63, 3.8) is 0 Å². The lowest BCUT2D eigenvalue weighted by molar-refractivity contribution is 0.0994. The van der Waals surface area contributed by atoms with Gasteiger partial charge in [-0.2, -0.15) is 0 Å². The molecule has 0 unspecified atom stereocenters. The van der Waals surface area contributed by atoms with Crippen LogP contribution in [0, 0.1) is 5.82 Å². The molecule has 9 heteroatoms. The molecule has 0 bridgehead atoms. The van der Waals surface area contributed by atoms with Gasteiger partial charge in [-0.05, 0) is 60.7 Å². The van der Waals surface area contributed by atoms with Crippen molar-refractivity contribution < 1.29 is 23.2 Å². The summed E-state index contributed by atoms with van der Waals surface area (Å²) < 4.78 is 18.3. The van der Waals surface area contributed by atoms with Crippen molar-refractivity contribution in [2.75, 3.05) is 16.0 Å². The number of amides is 3. The maximum Gasteiger partial charge on any atom is 0.291 e. The van der Waals surface area contributed by atoms with Gasteiger partial charge in [-0.25, -0.2) is 4.39 Å². The smallest absolute Gasteiger partial charge is 0.291 e. The molecule has 160 valence electrons. The molecule has 4 aromatic rings. The average Bonchev–Trinajstić information content (AvgIpc) is 3.46. The standard InChI is InChI=1S/C23H16FN3O4S/c24-15-5-2-7-17(13-15)25-21(28)14-4-1-6-16(12-14)26-23(30)19-9-10-20(32-19)27-22(29)18-8-3-11-31-18/h1-13H,(H,25,28)(H,26,30)(H,27,29). The molecule has 2 aromatic heterocycles. The van der Waals surface area contributed by atoms with Crippen LogP contribution in [0.15, 0.2) is 83.5 Å². The van der Waals surface area contributed by atoms with Crippen molar-refractivity contribution in [1.29, 1.82) is 0 Å². The van der Waals surface area contributed by atoms with Crippen LogP contribution in [0.5, 0.6) is 0 Å². The molecule has 3 N–H and O–H groups in total. The van der Waals surface area contributed by atoms with Crippen molar-refractivity contribution in [1.82, 2.24) is 0 Å². The second kappa shape index (κ2) is 9.27. The third-order valence-electron chi connectivity index (χ3n) is 4.28. The van der Waals surface area contributed by atoms with E-state index in [9.17, 15) is 18.8 Å². The fourth-order valence-electron chi connectivity index (χ4n) is 2.81. The lowest BCUT2D eigenvalue weighted by Crippen LogP contribution is -2.14. The zero-order valence-electron chi connectivity index (χ0n) is 16.4. The molecule has 4 rings (SSSR count). The Morgan fingerprint density at radius 2 is 1.50 bits per heavy atom. The van der Waals surface area contributed by atoms with Crippen molar-refractivity contribution >= 4 is 45.4 Å². The molecule has 0 saturated heterocycles. The number of nitrogens with one attached hydrogen (secondary N) is 3. The highest BCUT2D eigenvalue weighted by Crippen LogP contribution is 2.24. The van der Waals surface area contributed by atoms with Gasteiger partial charge < -0.3 is 20.4 Å². The first-order valence-electron chi connectivity index (χ1n) is 9.41. The summed E-state index contributed by atoms with van der Waals surface area (Å²) in [6.07, 6.45) is 1.40. The number of halogens is 1. The van der Waals surface area contributed by atoms with Crippen molar-refractivity contribution in [3.8, 4) is 0 Å². The van der Waals surface area contributed by atoms with Gasteiger partial charge in [0.15, 0.2) is 5.76 Å². The highest BCUT2D eigenvalue weighted by Gasteiger charge is 2.14. The van der Waals surface area contributed by atoms with Crippen LogP contribution >= 0.6 is 11.3 Å². The van der Waals surface area contributed by atoms with Gasteiger partial charge in [0.25, 0.3) is 17.7 Å². The molecule has 2 heterocycles. The van der Waals surface area contributed by atoms with Crippen LogP contribution in [0.25, 0.3) is 0 Å². The zero-order chi connectivity index (χ0) is 22.5. The molecule has 3 amide bonds. The van der Waals surface area contributed by atoms with Crippen molar-refractivity contribution in [3.05, 3.63) is 101 Å². The van der Waals surface area contributed by atoms with E-state index < -0.39 is 23.5 Å². The predicted octanol–water partition coefficient (Wildman–Crippen LogP) is 5.24. The number of anilines is 3. The number of furan rings is 1. The van der Waals surface area contributed by atoms with Crippen LogP contribution in [0.3, 0.4) is 0 Å². The lowest BCUT2D eigenvalue weighted by Gasteiger charge is -2.08. The van der Waals surface area contributed by atoms with E-state index in [1.165, 1.54) is 36.6 Å². The Morgan fingerprint density at radius 3 is 2.25 bits per heavy atom. The highest BCUT2D eigenvalue weighted by atomic mass is 32.1. The average molecular weight is 449 g/mol. The summed E-state index contributed by atoms with van der Waals surface area (Å²) in [4.78, 5) is 37.4. The number of carbonyl (C=O) groups is 3. The van der Waals surface area contributed by atoms with Crippen LogP contribution in [0.2, 0.25) is 0 Å². The Bertz CT molecular complexity index is 1280. The van der Waals surface area contributed by atoms with Gasteiger partial charge in [0.2, 0.25) is 0 Å². The Balaban J connectivity index is 1.40. The van der Waals surface area contributed by atoms with E-state index in [1.807, 2.05) is 0 Å². The second-order valence-electron chi connectivity index (χ2n) is 6.59. The van der Waals surface area contributed by atoms with Gasteiger partial charge in [-0.3, -0.25) is 14.4 Å². The summed E-state index contributed by atoms with van der Waals surface area (Å²) in [5.41, 5.74) is 1.04. The maximum atomic E-state index is 13.3. The van der Waals surface area contributed by atoms with Crippen molar-refractivity contribution in [2.45, 2.75) is 0 Å². The van der Waals surface area contributed by atoms with Gasteiger partial charge in [0.05, 0.1) is 16.1 Å². The first-order valence-corrected chi connectivity index (χ1v) is 10.2. The maximum absolute atomic E-state index is 13.3. The summed E-state index contributed by atoms with van der Waals surface area (Å²) >= 11 is 1.10. The number of benzene rings is 2. The SMILES string of the molecule is O=C(Nc1cccc(F)c1)c1cccc(NC(=O)c2ccc(NC(=O)c3ccco3)s2)c1. The third-order valence-corrected chi connectivity index (χ3v) is 5.28. The number of rotatable bonds is 6. The zero-order valence-corrected chi connectivity index (χ0v) is 17.2. The molecule has 7 nitrogen and oxygen atoms in total. The van der Waals surface area contributed by atoms with Gasteiger partial charge in [-0.15, -0.1) is 11.3 Å². The van der Waals surface area contributed by atoms with E-state index in [4.69, 9.17) is 4.42 Å². The molecule has 0 atom stereocenters. The minimum atomic E-state index is -0.459. The topological polar surface area (TPSA) is 100 Å². The minimum Gasteiger partial charge on any atom is -0.459 e. The number of thiophene rings is 1. The predicted molar refractivity (Wildman–Crippen MR) is 120 cm³/mol. The molecule has 0 aliphatic carbocycles. The summed E-state index contributed by atoms with van der Waals surface area (Å²) in [5, 5.41) is 8.47. The molecule has 2 aromatic carbocycles. The summed E-state index contributed by atoms with van der Waals surface area (Å²) in [7, 11) is 0. The Kier molecular flexibility index (Phi) is 6.09. The Labute approximate surface area is 185 Å². The van der Waals surface area contributed by atoms with Crippen LogP contribution in [0.4, 0.5) is 20.8 Å². The normalized spacial score (nSPS) is 10.4. The second-order valence-corrected chi connectivity index (χ2v) is 7.68. The molecular weight excluding hydrogens is 433 g/mol. The highest BCUT2D eigenvalue weighted by molar-refractivity contribution is 7.18. The summed E-state index contributed by atoms with van der Waals surface area (Å²) in [5.74, 6) is -1.54. The van der Waals surface area contributed by atoms with Gasteiger partial charge >= 0.3 is 0 Å². The van der Waals surface area contributed by atoms with E-state index in [0.29, 0.717) is 26.8 Å². The summed E-state index contributed by atoms with van der Waals surface area (Å²) in [6.45, 7) is 0. The summed E-state index contributed by atoms with van der Waals surface area (Å²) in [6, 6.07) is 18.3. The first kappa shape index (κ1) is 21.0. The van der Waals surface area contributed by atoms with Crippen molar-refractivity contribution in [2.24, 2.45) is 0 Å². The fraction of sp³-hybridized carbons (Fsp3) is 0. The monoisotopic (exact) mass is 449 g/mol. The largest absolute Gasteiger partial charge is 0.459 e. The van der Waals surface area contributed by atoms with E-state index in [-0.39, 0.29) is 5.76 Å². The molecule has 0 radical (unpaired) electrons. The van der Waals surface area contributed by atoms with E-state index in [1.54, 1.807) is 42.5 Å². The van der Waals surface area contributed by atoms with Gasteiger partial charge in [0, 0.05) is 16.9 Å². The fourth-order valence-corrected chi connectivity index (χ4v) is 3.61. The van der Waals surface area contributed by atoms with E-state index in [0.717, 1.165) is 11.3 Å². The van der Waals surface area contributed by atoms with Gasteiger partial charge in [0.1, 0.15) is 5.82 Å². The number of carbonyl (C=O) groups excluding carboxylic acids is 3. The molecule has 0 saturated carbocycles. The van der Waals surface area contributed by atoms with E-state index in [2.05, 4.69) is 16.0 Å². The molecule has 0 aliphatic rings. The molecule has 0 aliphatic heterocycles. The molecule has 0 fully saturated rings. The first-order chi connectivity index (χ1) is 15.5. The third kappa shape index (κ3) is 5.08. The number of hydrogen-bond acceptors (Lipinski definition) is 5. The quantitative estimate of drug-likeness (QED) is 0.375. The Hall–Kier alpha value is -4.24. The van der Waals surface area contributed by atoms with Gasteiger partial charge in [-0.1, -0.05) is 12.1 Å². The van der Waals surface area contributed by atoms with E-state index >= 15 is 0 Å². The van der Waals surface area contributed by atoms with Crippen LogP contribution < -0.4 is 16.0 Å². The molecule has 0 spiro atoms. The number of hydrogen-bond donors (Lipinski definition) is 3. The lowest BCUT2D eigenvalue weighted by atomic mass is 10.1. The van der Waals surface area contributed by atoms with Crippen LogP contribution in [0.1, 0.15) is 30.6 Å². The Morgan fingerprint density at radius 1 is 0.750 bits per heavy atom. The minimum absolute atomic E-state index is 0.165. The van der Waals surface area contributed by atoms with Crippen LogP contribution in [-0.4, -0.2) is 17.7 Å². The molecular formula is C23H16FN3O4S. The van der Waals surface area contributed by atoms with Crippen LogP contribution in [-0.2, 0) is 0 Å². The molecule has 32 heavy (non-hydrogen) atoms.